The lowest BCUT2D eigenvalue weighted by Crippen LogP contribution is -2.44. The van der Waals surface area contributed by atoms with Crippen molar-refractivity contribution in [3.63, 3.8) is 0 Å². The maximum absolute atomic E-state index is 12.0. The Morgan fingerprint density at radius 3 is 2.39 bits per heavy atom. The van der Waals surface area contributed by atoms with Crippen LogP contribution in [0.25, 0.3) is 33.3 Å². The van der Waals surface area contributed by atoms with Crippen molar-refractivity contribution in [1.82, 2.24) is 24.9 Å². The molecule has 2 aromatic heterocycles. The molecule has 0 bridgehead atoms. The minimum absolute atomic E-state index is 0.239. The van der Waals surface area contributed by atoms with Crippen LogP contribution in [-0.4, -0.2) is 136 Å². The van der Waals surface area contributed by atoms with Gasteiger partial charge in [0, 0.05) is 108 Å². The lowest BCUT2D eigenvalue weighted by molar-refractivity contribution is -0.144. The molecule has 368 valence electrons. The van der Waals surface area contributed by atoms with Gasteiger partial charge in [0.1, 0.15) is 6.29 Å². The van der Waals surface area contributed by atoms with Crippen molar-refractivity contribution in [2.45, 2.75) is 92.3 Å². The van der Waals surface area contributed by atoms with E-state index in [1.807, 2.05) is 6.20 Å². The number of likely N-dealkylation sites (N-methyl/N-ethyl adjacent to an activating group) is 1. The topological polar surface area (TPSA) is 177 Å². The number of hydrogen-bond acceptors (Lipinski definition) is 13. The lowest BCUT2D eigenvalue weighted by Gasteiger charge is -2.34. The summed E-state index contributed by atoms with van der Waals surface area (Å²) in [5, 5.41) is 13.7. The Hall–Kier alpha value is -4.90. The highest BCUT2D eigenvalue weighted by Gasteiger charge is 2.32. The van der Waals surface area contributed by atoms with E-state index >= 15 is 0 Å². The maximum atomic E-state index is 12.0. The highest BCUT2D eigenvalue weighted by Crippen LogP contribution is 2.43. The van der Waals surface area contributed by atoms with Crippen molar-refractivity contribution >= 4 is 41.0 Å². The van der Waals surface area contributed by atoms with Gasteiger partial charge in [-0.15, -0.1) is 0 Å². The number of nitrogens with zero attached hydrogens (tertiary/aromatic N) is 5. The minimum Gasteiger partial charge on any atom is -0.483 e. The van der Waals surface area contributed by atoms with Crippen molar-refractivity contribution in [2.24, 2.45) is 23.0 Å². The molecule has 4 unspecified atom stereocenters. The molecule has 15 nitrogen and oxygen atoms in total. The largest absolute Gasteiger partial charge is 0.483 e. The van der Waals surface area contributed by atoms with E-state index < -0.39 is 6.04 Å². The third kappa shape index (κ3) is 15.3. The van der Waals surface area contributed by atoms with Gasteiger partial charge < -0.3 is 49.5 Å². The number of anilines is 2. The first-order chi connectivity index (χ1) is 32.1. The summed E-state index contributed by atoms with van der Waals surface area (Å²) in [4.78, 5) is 41.9. The average Bonchev–Trinajstić information content (AvgIpc) is 3.94. The van der Waals surface area contributed by atoms with Gasteiger partial charge in [-0.2, -0.15) is 0 Å². The van der Waals surface area contributed by atoms with Crippen LogP contribution in [0.3, 0.4) is 0 Å². The lowest BCUT2D eigenvalue weighted by atomic mass is 9.84. The third-order valence-electron chi connectivity index (χ3n) is 13.0. The molecule has 4 heterocycles. The fourth-order valence-electron chi connectivity index (χ4n) is 8.93. The van der Waals surface area contributed by atoms with Crippen LogP contribution in [-0.2, 0) is 48.0 Å². The highest BCUT2D eigenvalue weighted by atomic mass is 16.5. The Morgan fingerprint density at radius 1 is 1.06 bits per heavy atom. The number of rotatable bonds is 19. The van der Waals surface area contributed by atoms with Gasteiger partial charge in [-0.05, 0) is 117 Å². The van der Waals surface area contributed by atoms with Crippen LogP contribution in [0.15, 0.2) is 48.7 Å². The number of nitrogens with two attached hydrogens (primary N) is 1. The van der Waals surface area contributed by atoms with Crippen LogP contribution in [0, 0.1) is 17.3 Å². The number of nitrogens with one attached hydrogen (secondary N) is 2. The van der Waals surface area contributed by atoms with E-state index in [0.717, 1.165) is 114 Å². The Balaban J connectivity index is 0.000000751. The number of aldehydes is 1. The minimum atomic E-state index is -0.592. The molecule has 3 aliphatic rings. The van der Waals surface area contributed by atoms with E-state index in [1.165, 1.54) is 38.3 Å². The second-order valence-electron chi connectivity index (χ2n) is 19.3. The first-order valence-electron chi connectivity index (χ1n) is 24.1. The first-order valence-corrected chi connectivity index (χ1v) is 24.1. The molecule has 0 amide bonds. The van der Waals surface area contributed by atoms with Crippen LogP contribution in [0.2, 0.25) is 0 Å². The van der Waals surface area contributed by atoms with Gasteiger partial charge in [-0.25, -0.2) is 5.01 Å². The number of methoxy groups -OCH3 is 1. The van der Waals surface area contributed by atoms with Gasteiger partial charge in [-0.3, -0.25) is 20.0 Å². The van der Waals surface area contributed by atoms with Crippen molar-refractivity contribution in [3.8, 4) is 22.4 Å². The normalized spacial score (nSPS) is 18.5. The molecule has 67 heavy (non-hydrogen) atoms. The fourth-order valence-corrected chi connectivity index (χ4v) is 8.93. The summed E-state index contributed by atoms with van der Waals surface area (Å²) < 4.78 is 20.0. The number of pyridine rings is 1. The van der Waals surface area contributed by atoms with E-state index in [0.29, 0.717) is 38.5 Å². The van der Waals surface area contributed by atoms with Gasteiger partial charge in [0.2, 0.25) is 0 Å². The quantitative estimate of drug-likeness (QED) is 0.0428. The predicted octanol–water partition coefficient (Wildman–Crippen LogP) is 7.05. The molecule has 0 spiro atoms. The number of hydrogen-bond donors (Lipinski definition) is 4. The third-order valence-corrected chi connectivity index (χ3v) is 13.0. The number of carbonyl (C=O) groups excluding carboxylic acids is 2. The van der Waals surface area contributed by atoms with Gasteiger partial charge >= 0.3 is 5.97 Å². The number of aryl methyl sites for hydroxylation is 1. The maximum Gasteiger partial charge on any atom is 0.302 e. The van der Waals surface area contributed by atoms with Crippen LogP contribution in [0.1, 0.15) is 83.7 Å². The van der Waals surface area contributed by atoms with Gasteiger partial charge in [-0.1, -0.05) is 32.9 Å². The molecule has 4 aromatic rings. The van der Waals surface area contributed by atoms with Crippen LogP contribution in [0.5, 0.6) is 0 Å². The predicted molar refractivity (Wildman–Crippen MR) is 268 cm³/mol. The van der Waals surface area contributed by atoms with Crippen molar-refractivity contribution in [1.29, 1.82) is 0 Å². The van der Waals surface area contributed by atoms with Gasteiger partial charge in [0.15, 0.2) is 0 Å². The van der Waals surface area contributed by atoms with E-state index in [-0.39, 0.29) is 24.0 Å². The second kappa shape index (κ2) is 25.5. The molecular weight excluding hydrogens is 849 g/mol. The Kier molecular flexibility index (Phi) is 20.2. The highest BCUT2D eigenvalue weighted by molar-refractivity contribution is 5.96. The molecule has 0 radical (unpaired) electrons. The standard InChI is InChI=1S/C46H64N6O5.C5H12N2.CH2O2/c1-9-52-43-11-10-34(35-19-33(20-37(47)27-53)21-38(22-35)48-12-17-56-28-36-18-30(36)2)23-40(43)42(25-46(5,6)29-57-32(4)54)45(52)41-24-39(26-49-44(41)31(3)55-8)51-15-13-50(7)14-16-51;1-7-5-3-2-4-6-7;2-1-3/h10-11,19,21-24,26-27,30-31,36-37,48H,9,12-18,20,25,28-29,47H2,1-8H3;6H,2-5H2,1H3;1H,(H,2,3). The summed E-state index contributed by atoms with van der Waals surface area (Å²) in [6.45, 7) is 21.4. The Labute approximate surface area is 398 Å². The molecule has 4 atom stereocenters. The summed E-state index contributed by atoms with van der Waals surface area (Å²) in [5.74, 6) is 1.17. The summed E-state index contributed by atoms with van der Waals surface area (Å²) in [6.07, 6.45) is 7.60. The monoisotopic (exact) mass is 927 g/mol. The SMILES string of the molecule is CCn1c(-c2cc(N3CCN(C)CC3)cnc2C(C)OC)c(CC(C)(C)COC(C)=O)c2cc(-c3cc(CC(N)C=O)cc(NCCOCC4CC4C)c3)ccc21.CN1CCCCN1.O=CO. The van der Waals surface area contributed by atoms with Crippen LogP contribution < -0.4 is 21.4 Å². The van der Waals surface area contributed by atoms with Gasteiger partial charge in [0.25, 0.3) is 6.47 Å². The number of carbonyl (C=O) groups is 3. The number of carboxylic acid groups (broad SMARTS) is 1. The molecule has 5 N–H and O–H groups in total. The van der Waals surface area contributed by atoms with Gasteiger partial charge in [0.05, 0.1) is 48.6 Å². The van der Waals surface area contributed by atoms with Crippen LogP contribution in [0.4, 0.5) is 11.4 Å². The van der Waals surface area contributed by atoms with Crippen molar-refractivity contribution in [3.05, 3.63) is 65.5 Å². The molecule has 1 aliphatic carbocycles. The zero-order valence-electron chi connectivity index (χ0n) is 41.6. The summed E-state index contributed by atoms with van der Waals surface area (Å²) >= 11 is 0. The van der Waals surface area contributed by atoms with Crippen molar-refractivity contribution in [2.75, 3.05) is 97.1 Å². The Morgan fingerprint density at radius 2 is 1.79 bits per heavy atom. The summed E-state index contributed by atoms with van der Waals surface area (Å²) in [5.41, 5.74) is 19.5. The zero-order chi connectivity index (χ0) is 48.7. The number of esters is 1. The summed E-state index contributed by atoms with van der Waals surface area (Å²) in [6, 6.07) is 14.8. The first kappa shape index (κ1) is 53.1. The van der Waals surface area contributed by atoms with E-state index in [2.05, 4.69) is 121 Å². The molecular formula is C52H78N8O7. The smallest absolute Gasteiger partial charge is 0.302 e. The number of hydrazine groups is 1. The molecule has 1 saturated carbocycles. The fraction of sp³-hybridized carbons (Fsp3) is 0.577. The molecule has 2 aromatic carbocycles. The van der Waals surface area contributed by atoms with E-state index in [4.69, 9.17) is 34.8 Å². The zero-order valence-corrected chi connectivity index (χ0v) is 41.6. The number of piperazine rings is 1. The molecule has 7 rings (SSSR count). The Bertz CT molecular complexity index is 2220. The van der Waals surface area contributed by atoms with Crippen LogP contribution >= 0.6 is 0 Å². The average molecular weight is 927 g/mol. The number of fused-ring (bicyclic) bond motifs is 1. The molecule has 2 saturated heterocycles. The number of benzene rings is 2. The van der Waals surface area contributed by atoms with E-state index in [9.17, 15) is 9.59 Å². The molecule has 2 aliphatic heterocycles. The number of aromatic nitrogens is 2. The van der Waals surface area contributed by atoms with E-state index in [1.54, 1.807) is 7.11 Å². The molecule has 3 fully saturated rings. The molecule has 15 heteroatoms. The second-order valence-corrected chi connectivity index (χ2v) is 19.3. The van der Waals surface area contributed by atoms with Crippen molar-refractivity contribution < 1.29 is 33.7 Å². The number of ether oxygens (including phenoxy) is 3. The summed E-state index contributed by atoms with van der Waals surface area (Å²) in [7, 11) is 5.98.